The Morgan fingerprint density at radius 2 is 1.57 bits per heavy atom. The maximum Gasteiger partial charge on any atom is 0.000754 e. The number of allylic oxidation sites excluding steroid dienone is 2. The second-order valence-corrected chi connectivity index (χ2v) is 7.23. The van der Waals surface area contributed by atoms with Crippen molar-refractivity contribution >= 4 is 5.57 Å². The number of rotatable bonds is 4. The monoisotopic (exact) mass is 313 g/mol. The summed E-state index contributed by atoms with van der Waals surface area (Å²) in [4.78, 5) is 0. The zero-order chi connectivity index (χ0) is 17.4. The van der Waals surface area contributed by atoms with Gasteiger partial charge in [-0.25, -0.2) is 0 Å². The van der Waals surface area contributed by atoms with Crippen LogP contribution in [0.1, 0.15) is 74.1 Å². The van der Waals surface area contributed by atoms with E-state index < -0.39 is 0 Å². The molecule has 128 valence electrons. The molecule has 0 radical (unpaired) electrons. The molecule has 0 amide bonds. The van der Waals surface area contributed by atoms with E-state index in [0.29, 0.717) is 0 Å². The fourth-order valence-corrected chi connectivity index (χ4v) is 3.29. The molecule has 0 heterocycles. The SMILES string of the molecule is C=C(C)c1cc(C)c(C)cc1C.C=C(N)CCC1CCCCC1. The van der Waals surface area contributed by atoms with Gasteiger partial charge in [0.15, 0.2) is 0 Å². The molecule has 1 nitrogen and oxygen atoms in total. The van der Waals surface area contributed by atoms with Gasteiger partial charge in [-0.05, 0) is 68.7 Å². The molecule has 1 aromatic carbocycles. The van der Waals surface area contributed by atoms with Crippen LogP contribution in [0.15, 0.2) is 31.0 Å². The van der Waals surface area contributed by atoms with Crippen LogP contribution in [0.5, 0.6) is 0 Å². The fraction of sp³-hybridized carbons (Fsp3) is 0.545. The Kier molecular flexibility index (Phi) is 8.16. The molecular formula is C22H35N. The molecule has 0 atom stereocenters. The van der Waals surface area contributed by atoms with Crippen molar-refractivity contribution in [3.63, 3.8) is 0 Å². The van der Waals surface area contributed by atoms with Crippen LogP contribution in [0.25, 0.3) is 5.57 Å². The van der Waals surface area contributed by atoms with E-state index in [2.05, 4.69) is 53.0 Å². The Hall–Kier alpha value is -1.50. The molecule has 2 rings (SSSR count). The highest BCUT2D eigenvalue weighted by Gasteiger charge is 2.12. The summed E-state index contributed by atoms with van der Waals surface area (Å²) in [6.45, 7) is 16.1. The topological polar surface area (TPSA) is 26.0 Å². The highest BCUT2D eigenvalue weighted by molar-refractivity contribution is 5.65. The highest BCUT2D eigenvalue weighted by Crippen LogP contribution is 2.27. The first-order chi connectivity index (χ1) is 10.8. The normalized spacial score (nSPS) is 14.8. The number of benzene rings is 1. The van der Waals surface area contributed by atoms with Crippen LogP contribution < -0.4 is 5.73 Å². The second kappa shape index (κ2) is 9.60. The summed E-state index contributed by atoms with van der Waals surface area (Å²) in [5.41, 5.74) is 12.8. The average Bonchev–Trinajstić information content (AvgIpc) is 2.50. The summed E-state index contributed by atoms with van der Waals surface area (Å²) in [5.74, 6) is 0.948. The van der Waals surface area contributed by atoms with Crippen LogP contribution >= 0.6 is 0 Å². The van der Waals surface area contributed by atoms with Gasteiger partial charge in [-0.2, -0.15) is 0 Å². The van der Waals surface area contributed by atoms with Gasteiger partial charge in [0.2, 0.25) is 0 Å². The first-order valence-electron chi connectivity index (χ1n) is 8.98. The largest absolute Gasteiger partial charge is 0.403 e. The lowest BCUT2D eigenvalue weighted by Gasteiger charge is -2.21. The zero-order valence-corrected chi connectivity index (χ0v) is 15.7. The van der Waals surface area contributed by atoms with Gasteiger partial charge >= 0.3 is 0 Å². The lowest BCUT2D eigenvalue weighted by atomic mass is 9.86. The van der Waals surface area contributed by atoms with Crippen molar-refractivity contribution < 1.29 is 0 Å². The van der Waals surface area contributed by atoms with Crippen LogP contribution in [0.2, 0.25) is 0 Å². The van der Waals surface area contributed by atoms with Gasteiger partial charge in [0.25, 0.3) is 0 Å². The summed E-state index contributed by atoms with van der Waals surface area (Å²) in [7, 11) is 0. The van der Waals surface area contributed by atoms with Gasteiger partial charge in [0.1, 0.15) is 0 Å². The lowest BCUT2D eigenvalue weighted by molar-refractivity contribution is 0.339. The average molecular weight is 314 g/mol. The molecule has 1 aliphatic carbocycles. The number of hydrogen-bond acceptors (Lipinski definition) is 1. The number of nitrogens with two attached hydrogens (primary N) is 1. The molecule has 1 fully saturated rings. The van der Waals surface area contributed by atoms with E-state index in [1.165, 1.54) is 60.8 Å². The molecule has 2 N–H and O–H groups in total. The molecule has 0 aromatic heterocycles. The van der Waals surface area contributed by atoms with Crippen LogP contribution in [0, 0.1) is 26.7 Å². The third-order valence-electron chi connectivity index (χ3n) is 4.90. The maximum absolute atomic E-state index is 5.52. The van der Waals surface area contributed by atoms with Crippen molar-refractivity contribution in [3.05, 3.63) is 53.2 Å². The van der Waals surface area contributed by atoms with E-state index in [1.807, 2.05) is 0 Å². The first-order valence-corrected chi connectivity index (χ1v) is 8.98. The predicted octanol–water partition coefficient (Wildman–Crippen LogP) is 6.46. The van der Waals surface area contributed by atoms with Gasteiger partial charge in [-0.3, -0.25) is 0 Å². The van der Waals surface area contributed by atoms with Crippen LogP contribution in [-0.2, 0) is 0 Å². The molecule has 0 bridgehead atoms. The Balaban J connectivity index is 0.000000231. The molecule has 1 aromatic rings. The van der Waals surface area contributed by atoms with Crippen molar-refractivity contribution in [1.29, 1.82) is 0 Å². The Bertz CT molecular complexity index is 533. The Labute approximate surface area is 143 Å². The molecule has 0 spiro atoms. The van der Waals surface area contributed by atoms with Crippen molar-refractivity contribution in [1.82, 2.24) is 0 Å². The number of hydrogen-bond donors (Lipinski definition) is 1. The minimum absolute atomic E-state index is 0.857. The van der Waals surface area contributed by atoms with Crippen LogP contribution in [0.3, 0.4) is 0 Å². The minimum atomic E-state index is 0.857. The van der Waals surface area contributed by atoms with Crippen molar-refractivity contribution in [2.24, 2.45) is 11.7 Å². The van der Waals surface area contributed by atoms with Crippen LogP contribution in [0.4, 0.5) is 0 Å². The summed E-state index contributed by atoms with van der Waals surface area (Å²) in [5, 5.41) is 0. The third-order valence-corrected chi connectivity index (χ3v) is 4.90. The smallest absolute Gasteiger partial charge is 0.000754 e. The highest BCUT2D eigenvalue weighted by atomic mass is 14.6. The van der Waals surface area contributed by atoms with E-state index in [0.717, 1.165) is 23.6 Å². The molecular weight excluding hydrogens is 278 g/mol. The lowest BCUT2D eigenvalue weighted by Crippen LogP contribution is -2.07. The van der Waals surface area contributed by atoms with Crippen LogP contribution in [-0.4, -0.2) is 0 Å². The van der Waals surface area contributed by atoms with Crippen molar-refractivity contribution in [2.45, 2.75) is 72.6 Å². The van der Waals surface area contributed by atoms with E-state index in [1.54, 1.807) is 0 Å². The second-order valence-electron chi connectivity index (χ2n) is 7.23. The Morgan fingerprint density at radius 1 is 1.00 bits per heavy atom. The quantitative estimate of drug-likeness (QED) is 0.677. The maximum atomic E-state index is 5.52. The molecule has 0 aliphatic heterocycles. The van der Waals surface area contributed by atoms with Crippen molar-refractivity contribution in [2.75, 3.05) is 0 Å². The molecule has 23 heavy (non-hydrogen) atoms. The predicted molar refractivity (Wildman–Crippen MR) is 104 cm³/mol. The van der Waals surface area contributed by atoms with Gasteiger partial charge < -0.3 is 5.73 Å². The zero-order valence-electron chi connectivity index (χ0n) is 15.7. The Morgan fingerprint density at radius 3 is 2.09 bits per heavy atom. The standard InChI is InChI=1S/C12H16.C10H19N/c1-8(2)12-7-10(4)9(3)6-11(12)5;1-9(11)7-8-10-5-3-2-4-6-10/h6-7H,1H2,2-5H3;10H,1-8,11H2. The molecule has 1 aliphatic rings. The van der Waals surface area contributed by atoms with Gasteiger partial charge in [0, 0.05) is 5.70 Å². The molecule has 1 saturated carbocycles. The van der Waals surface area contributed by atoms with E-state index in [9.17, 15) is 0 Å². The molecule has 0 unspecified atom stereocenters. The third kappa shape index (κ3) is 7.07. The van der Waals surface area contributed by atoms with E-state index >= 15 is 0 Å². The minimum Gasteiger partial charge on any atom is -0.403 e. The van der Waals surface area contributed by atoms with E-state index in [-0.39, 0.29) is 0 Å². The summed E-state index contributed by atoms with van der Waals surface area (Å²) >= 11 is 0. The summed E-state index contributed by atoms with van der Waals surface area (Å²) in [6, 6.07) is 4.44. The summed E-state index contributed by atoms with van der Waals surface area (Å²) < 4.78 is 0. The van der Waals surface area contributed by atoms with Gasteiger partial charge in [-0.1, -0.05) is 63.0 Å². The van der Waals surface area contributed by atoms with Gasteiger partial charge in [0.05, 0.1) is 0 Å². The van der Waals surface area contributed by atoms with Crippen molar-refractivity contribution in [3.8, 4) is 0 Å². The molecule has 0 saturated heterocycles. The van der Waals surface area contributed by atoms with Gasteiger partial charge in [-0.15, -0.1) is 0 Å². The first kappa shape index (κ1) is 19.5. The van der Waals surface area contributed by atoms with E-state index in [4.69, 9.17) is 5.73 Å². The number of aryl methyl sites for hydroxylation is 3. The summed E-state index contributed by atoms with van der Waals surface area (Å²) in [6.07, 6.45) is 9.46. The fourth-order valence-electron chi connectivity index (χ4n) is 3.29. The molecule has 1 heteroatoms.